The van der Waals surface area contributed by atoms with Gasteiger partial charge in [0.2, 0.25) is 0 Å². The van der Waals surface area contributed by atoms with Crippen molar-refractivity contribution in [1.82, 2.24) is 14.8 Å². The summed E-state index contributed by atoms with van der Waals surface area (Å²) >= 11 is 0. The standard InChI is InChI=1S/C15H16F4N4O2/c1-14(2,3)25-13(24)22(4)12-6-11(21-23(12)15(17,18)19)9-5-10(16)8-20-7-9/h5-8H,1-4H3. The van der Waals surface area contributed by atoms with Crippen LogP contribution in [0.2, 0.25) is 0 Å². The van der Waals surface area contributed by atoms with Crippen LogP contribution in [0.5, 0.6) is 0 Å². The maximum absolute atomic E-state index is 13.3. The maximum Gasteiger partial charge on any atom is 0.506 e. The van der Waals surface area contributed by atoms with Gasteiger partial charge in [0, 0.05) is 24.9 Å². The average Bonchev–Trinajstić information content (AvgIpc) is 2.89. The molecular weight excluding hydrogens is 344 g/mol. The molecule has 0 aromatic carbocycles. The van der Waals surface area contributed by atoms with Gasteiger partial charge in [-0.1, -0.05) is 0 Å². The monoisotopic (exact) mass is 360 g/mol. The highest BCUT2D eigenvalue weighted by molar-refractivity contribution is 5.87. The first kappa shape index (κ1) is 18.7. The number of pyridine rings is 1. The van der Waals surface area contributed by atoms with Crippen molar-refractivity contribution in [3.8, 4) is 11.3 Å². The van der Waals surface area contributed by atoms with Crippen molar-refractivity contribution in [2.45, 2.75) is 32.7 Å². The molecule has 0 atom stereocenters. The van der Waals surface area contributed by atoms with E-state index >= 15 is 0 Å². The van der Waals surface area contributed by atoms with E-state index < -0.39 is 29.6 Å². The van der Waals surface area contributed by atoms with Gasteiger partial charge in [0.05, 0.1) is 11.9 Å². The lowest BCUT2D eigenvalue weighted by Crippen LogP contribution is -2.36. The van der Waals surface area contributed by atoms with E-state index in [4.69, 9.17) is 4.74 Å². The van der Waals surface area contributed by atoms with Crippen molar-refractivity contribution in [2.24, 2.45) is 0 Å². The number of nitrogens with zero attached hydrogens (tertiary/aromatic N) is 4. The number of aromatic nitrogens is 3. The molecule has 0 saturated heterocycles. The molecule has 6 nitrogen and oxygen atoms in total. The van der Waals surface area contributed by atoms with Gasteiger partial charge in [0.1, 0.15) is 17.2 Å². The van der Waals surface area contributed by atoms with Crippen LogP contribution in [0.3, 0.4) is 0 Å². The number of amides is 1. The van der Waals surface area contributed by atoms with Crippen LogP contribution in [0.1, 0.15) is 20.8 Å². The molecule has 0 aliphatic heterocycles. The van der Waals surface area contributed by atoms with Crippen LogP contribution in [0.25, 0.3) is 11.3 Å². The third kappa shape index (κ3) is 4.46. The number of anilines is 1. The molecule has 0 aliphatic carbocycles. The Morgan fingerprint density at radius 2 is 1.84 bits per heavy atom. The van der Waals surface area contributed by atoms with Crippen LogP contribution in [0.15, 0.2) is 24.5 Å². The van der Waals surface area contributed by atoms with Crippen molar-refractivity contribution in [3.05, 3.63) is 30.3 Å². The number of carbonyl (C=O) groups is 1. The van der Waals surface area contributed by atoms with Gasteiger partial charge in [0.15, 0.2) is 0 Å². The molecular formula is C15H16F4N4O2. The Morgan fingerprint density at radius 1 is 1.20 bits per heavy atom. The summed E-state index contributed by atoms with van der Waals surface area (Å²) in [4.78, 5) is 16.3. The molecule has 0 radical (unpaired) electrons. The maximum atomic E-state index is 13.3. The highest BCUT2D eigenvalue weighted by Gasteiger charge is 2.37. The van der Waals surface area contributed by atoms with Crippen molar-refractivity contribution in [1.29, 1.82) is 0 Å². The van der Waals surface area contributed by atoms with Gasteiger partial charge in [-0.15, -0.1) is 13.2 Å². The van der Waals surface area contributed by atoms with Crippen LogP contribution in [0.4, 0.5) is 28.2 Å². The summed E-state index contributed by atoms with van der Waals surface area (Å²) in [5.41, 5.74) is -1.03. The zero-order valence-corrected chi connectivity index (χ0v) is 13.9. The van der Waals surface area contributed by atoms with E-state index in [1.807, 2.05) is 0 Å². The lowest BCUT2D eigenvalue weighted by Gasteiger charge is -2.25. The Hall–Kier alpha value is -2.65. The van der Waals surface area contributed by atoms with E-state index in [9.17, 15) is 22.4 Å². The van der Waals surface area contributed by atoms with Gasteiger partial charge in [-0.3, -0.25) is 9.88 Å². The van der Waals surface area contributed by atoms with Gasteiger partial charge in [0.25, 0.3) is 0 Å². The average molecular weight is 360 g/mol. The number of alkyl halides is 3. The largest absolute Gasteiger partial charge is 0.506 e. The minimum absolute atomic E-state index is 0.0434. The first-order chi connectivity index (χ1) is 11.4. The molecule has 0 saturated carbocycles. The number of ether oxygens (including phenoxy) is 1. The van der Waals surface area contributed by atoms with E-state index in [0.717, 1.165) is 25.4 Å². The number of halogens is 4. The second kappa shape index (κ2) is 6.34. The number of hydrogen-bond donors (Lipinski definition) is 0. The molecule has 2 rings (SSSR count). The molecule has 1 amide bonds. The Morgan fingerprint density at radius 3 is 2.36 bits per heavy atom. The van der Waals surface area contributed by atoms with Gasteiger partial charge in [-0.2, -0.15) is 9.78 Å². The number of hydrogen-bond acceptors (Lipinski definition) is 4. The molecule has 0 aliphatic rings. The second-order valence-electron chi connectivity index (χ2n) is 6.20. The molecule has 0 spiro atoms. The minimum Gasteiger partial charge on any atom is -0.443 e. The predicted octanol–water partition coefficient (Wildman–Crippen LogP) is 3.93. The van der Waals surface area contributed by atoms with E-state index in [1.54, 1.807) is 20.8 Å². The summed E-state index contributed by atoms with van der Waals surface area (Å²) in [6.45, 7) is 4.76. The fourth-order valence-corrected chi connectivity index (χ4v) is 1.91. The zero-order valence-electron chi connectivity index (χ0n) is 13.9. The summed E-state index contributed by atoms with van der Waals surface area (Å²) in [5, 5.41) is 3.43. The molecule has 10 heteroatoms. The first-order valence-corrected chi connectivity index (χ1v) is 7.13. The molecule has 2 heterocycles. The first-order valence-electron chi connectivity index (χ1n) is 7.13. The van der Waals surface area contributed by atoms with Crippen molar-refractivity contribution in [3.63, 3.8) is 0 Å². The van der Waals surface area contributed by atoms with E-state index in [2.05, 4.69) is 10.1 Å². The number of carbonyl (C=O) groups excluding carboxylic acids is 1. The lowest BCUT2D eigenvalue weighted by atomic mass is 10.2. The summed E-state index contributed by atoms with van der Waals surface area (Å²) in [5.74, 6) is -1.29. The second-order valence-corrected chi connectivity index (χ2v) is 6.20. The molecule has 2 aromatic rings. The summed E-state index contributed by atoms with van der Waals surface area (Å²) in [6.07, 6.45) is -3.78. The van der Waals surface area contributed by atoms with E-state index in [1.165, 1.54) is 6.20 Å². The van der Waals surface area contributed by atoms with E-state index in [0.29, 0.717) is 4.90 Å². The Kier molecular flexibility index (Phi) is 4.74. The highest BCUT2D eigenvalue weighted by atomic mass is 19.4. The van der Waals surface area contributed by atoms with Crippen LogP contribution in [-0.2, 0) is 11.0 Å². The fourth-order valence-electron chi connectivity index (χ4n) is 1.91. The molecule has 2 aromatic heterocycles. The van der Waals surface area contributed by atoms with E-state index in [-0.39, 0.29) is 15.9 Å². The zero-order chi connectivity index (χ0) is 19.0. The summed E-state index contributed by atoms with van der Waals surface area (Å²) < 4.78 is 57.8. The van der Waals surface area contributed by atoms with Crippen molar-refractivity contribution >= 4 is 11.9 Å². The summed E-state index contributed by atoms with van der Waals surface area (Å²) in [7, 11) is 1.13. The van der Waals surface area contributed by atoms with Crippen molar-refractivity contribution in [2.75, 3.05) is 11.9 Å². The molecule has 136 valence electrons. The quantitative estimate of drug-likeness (QED) is 0.762. The Labute approximate surface area is 141 Å². The Bertz CT molecular complexity index is 781. The van der Waals surface area contributed by atoms with Gasteiger partial charge >= 0.3 is 12.4 Å². The third-order valence-electron chi connectivity index (χ3n) is 2.94. The molecule has 0 fully saturated rings. The molecule has 0 N–H and O–H groups in total. The normalized spacial score (nSPS) is 12.2. The van der Waals surface area contributed by atoms with Crippen LogP contribution < -0.4 is 4.90 Å². The lowest BCUT2D eigenvalue weighted by molar-refractivity contribution is -0.210. The summed E-state index contributed by atoms with van der Waals surface area (Å²) in [6, 6.07) is 2.00. The number of rotatable bonds is 2. The molecule has 0 unspecified atom stereocenters. The fraction of sp³-hybridized carbons (Fsp3) is 0.400. The third-order valence-corrected chi connectivity index (χ3v) is 2.94. The Balaban J connectivity index is 2.48. The van der Waals surface area contributed by atoms with Crippen LogP contribution in [-0.4, -0.2) is 33.5 Å². The predicted molar refractivity (Wildman–Crippen MR) is 81.4 cm³/mol. The van der Waals surface area contributed by atoms with Crippen LogP contribution >= 0.6 is 0 Å². The molecule has 25 heavy (non-hydrogen) atoms. The van der Waals surface area contributed by atoms with Gasteiger partial charge in [-0.05, 0) is 26.8 Å². The van der Waals surface area contributed by atoms with Crippen molar-refractivity contribution < 1.29 is 27.1 Å². The highest BCUT2D eigenvalue weighted by Crippen LogP contribution is 2.32. The minimum atomic E-state index is -4.88. The topological polar surface area (TPSA) is 60.3 Å². The smallest absolute Gasteiger partial charge is 0.443 e. The van der Waals surface area contributed by atoms with Gasteiger partial charge < -0.3 is 4.74 Å². The SMILES string of the molecule is CN(C(=O)OC(C)(C)C)c1cc(-c2cncc(F)c2)nn1C(F)(F)F. The van der Waals surface area contributed by atoms with Gasteiger partial charge in [-0.25, -0.2) is 9.18 Å². The molecule has 0 bridgehead atoms. The van der Waals surface area contributed by atoms with Crippen LogP contribution in [0, 0.1) is 5.82 Å².